The molecular formula is C21H29N5O. The van der Waals surface area contributed by atoms with Crippen LogP contribution in [-0.2, 0) is 4.79 Å². The van der Waals surface area contributed by atoms with E-state index in [9.17, 15) is 4.79 Å². The summed E-state index contributed by atoms with van der Waals surface area (Å²) in [5.41, 5.74) is 2.47. The van der Waals surface area contributed by atoms with Gasteiger partial charge in [-0.2, -0.15) is 0 Å². The predicted octanol–water partition coefficient (Wildman–Crippen LogP) is 2.42. The van der Waals surface area contributed by atoms with E-state index >= 15 is 0 Å². The van der Waals surface area contributed by atoms with E-state index in [1.54, 1.807) is 12.4 Å². The molecule has 1 amide bonds. The van der Waals surface area contributed by atoms with Gasteiger partial charge in [-0.25, -0.2) is 9.97 Å². The number of nitrogens with zero attached hydrogens (tertiary/aromatic N) is 4. The molecule has 2 aromatic rings. The van der Waals surface area contributed by atoms with Crippen molar-refractivity contribution >= 4 is 11.9 Å². The third-order valence-corrected chi connectivity index (χ3v) is 5.26. The topological polar surface area (TPSA) is 61.4 Å². The molecule has 2 heterocycles. The molecule has 27 heavy (non-hydrogen) atoms. The summed E-state index contributed by atoms with van der Waals surface area (Å²) in [6.07, 6.45) is 5.18. The lowest BCUT2D eigenvalue weighted by molar-refractivity contribution is -0.125. The van der Waals surface area contributed by atoms with E-state index < -0.39 is 0 Å². The van der Waals surface area contributed by atoms with Crippen LogP contribution in [0.3, 0.4) is 0 Å². The summed E-state index contributed by atoms with van der Waals surface area (Å²) in [4.78, 5) is 25.6. The maximum absolute atomic E-state index is 12.7. The summed E-state index contributed by atoms with van der Waals surface area (Å²) in [5.74, 6) is 0.969. The number of carbonyl (C=O) groups is 1. The van der Waals surface area contributed by atoms with Gasteiger partial charge in [0.05, 0.1) is 6.04 Å². The maximum Gasteiger partial charge on any atom is 0.225 e. The summed E-state index contributed by atoms with van der Waals surface area (Å²) in [5, 5.41) is 3.17. The zero-order valence-electron chi connectivity index (χ0n) is 16.4. The summed E-state index contributed by atoms with van der Waals surface area (Å²) < 4.78 is 0. The fourth-order valence-electron chi connectivity index (χ4n) is 3.52. The highest BCUT2D eigenvalue weighted by Crippen LogP contribution is 2.22. The molecule has 1 aromatic carbocycles. The third kappa shape index (κ3) is 5.04. The van der Waals surface area contributed by atoms with Crippen LogP contribution in [-0.4, -0.2) is 54.5 Å². The van der Waals surface area contributed by atoms with Crippen molar-refractivity contribution < 1.29 is 4.79 Å². The number of rotatable bonds is 6. The average Bonchev–Trinajstić information content (AvgIpc) is 2.70. The fourth-order valence-corrected chi connectivity index (χ4v) is 3.52. The van der Waals surface area contributed by atoms with Gasteiger partial charge in [0.15, 0.2) is 0 Å². The van der Waals surface area contributed by atoms with Crippen LogP contribution < -0.4 is 10.2 Å². The van der Waals surface area contributed by atoms with Crippen molar-refractivity contribution in [3.63, 3.8) is 0 Å². The second kappa shape index (κ2) is 8.95. The van der Waals surface area contributed by atoms with Crippen LogP contribution in [0.25, 0.3) is 0 Å². The van der Waals surface area contributed by atoms with Gasteiger partial charge in [0, 0.05) is 37.9 Å². The van der Waals surface area contributed by atoms with E-state index in [-0.39, 0.29) is 17.9 Å². The van der Waals surface area contributed by atoms with Crippen LogP contribution >= 0.6 is 0 Å². The first-order valence-corrected chi connectivity index (χ1v) is 9.57. The zero-order valence-corrected chi connectivity index (χ0v) is 16.4. The maximum atomic E-state index is 12.7. The number of hydrogen-bond acceptors (Lipinski definition) is 5. The number of amides is 1. The summed E-state index contributed by atoms with van der Waals surface area (Å²) in [6.45, 7) is 4.34. The van der Waals surface area contributed by atoms with Gasteiger partial charge in [0.25, 0.3) is 0 Å². The highest BCUT2D eigenvalue weighted by molar-refractivity contribution is 5.79. The molecule has 6 heteroatoms. The Balaban J connectivity index is 1.52. The molecule has 1 atom stereocenters. The lowest BCUT2D eigenvalue weighted by atomic mass is 9.95. The van der Waals surface area contributed by atoms with Gasteiger partial charge < -0.3 is 15.1 Å². The molecule has 0 radical (unpaired) electrons. The van der Waals surface area contributed by atoms with Crippen molar-refractivity contribution in [3.8, 4) is 0 Å². The molecule has 0 unspecified atom stereocenters. The molecule has 1 fully saturated rings. The van der Waals surface area contributed by atoms with Gasteiger partial charge >= 0.3 is 0 Å². The minimum atomic E-state index is 0.0609. The van der Waals surface area contributed by atoms with Crippen LogP contribution in [0.2, 0.25) is 0 Å². The molecule has 3 rings (SSSR count). The van der Waals surface area contributed by atoms with Crippen molar-refractivity contribution in [2.24, 2.45) is 5.92 Å². The number of aromatic nitrogens is 2. The van der Waals surface area contributed by atoms with Crippen LogP contribution in [0.5, 0.6) is 0 Å². The summed E-state index contributed by atoms with van der Waals surface area (Å²) >= 11 is 0. The quantitative estimate of drug-likeness (QED) is 0.850. The van der Waals surface area contributed by atoms with Crippen LogP contribution in [0, 0.1) is 12.8 Å². The van der Waals surface area contributed by atoms with Crippen molar-refractivity contribution in [2.45, 2.75) is 25.8 Å². The number of hydrogen-bond donors (Lipinski definition) is 1. The highest BCUT2D eigenvalue weighted by atomic mass is 16.1. The molecule has 6 nitrogen and oxygen atoms in total. The van der Waals surface area contributed by atoms with Gasteiger partial charge in [-0.1, -0.05) is 29.8 Å². The SMILES string of the molecule is Cc1ccc([C@H](CNC(=O)C2CCN(c3ncccn3)CC2)N(C)C)cc1. The largest absolute Gasteiger partial charge is 0.354 e. The van der Waals surface area contributed by atoms with Gasteiger partial charge in [0.1, 0.15) is 0 Å². The number of piperidine rings is 1. The van der Waals surface area contributed by atoms with Crippen molar-refractivity contribution in [3.05, 3.63) is 53.9 Å². The Morgan fingerprint density at radius 3 is 2.41 bits per heavy atom. The molecule has 1 aromatic heterocycles. The van der Waals surface area contributed by atoms with E-state index in [1.165, 1.54) is 11.1 Å². The second-order valence-electron chi connectivity index (χ2n) is 7.45. The van der Waals surface area contributed by atoms with Gasteiger partial charge in [-0.3, -0.25) is 4.79 Å². The summed E-state index contributed by atoms with van der Waals surface area (Å²) in [6, 6.07) is 10.5. The number of aryl methyl sites for hydroxylation is 1. The van der Waals surface area contributed by atoms with E-state index in [0.717, 1.165) is 31.9 Å². The molecule has 1 N–H and O–H groups in total. The third-order valence-electron chi connectivity index (χ3n) is 5.26. The minimum Gasteiger partial charge on any atom is -0.354 e. The lowest BCUT2D eigenvalue weighted by Crippen LogP contribution is -2.43. The Morgan fingerprint density at radius 1 is 1.19 bits per heavy atom. The zero-order chi connectivity index (χ0) is 19.2. The first kappa shape index (κ1) is 19.3. The first-order valence-electron chi connectivity index (χ1n) is 9.57. The molecule has 0 bridgehead atoms. The molecule has 1 aliphatic rings. The number of nitrogens with one attached hydrogen (secondary N) is 1. The monoisotopic (exact) mass is 367 g/mol. The predicted molar refractivity (Wildman–Crippen MR) is 108 cm³/mol. The number of carbonyl (C=O) groups excluding carboxylic acids is 1. The smallest absolute Gasteiger partial charge is 0.225 e. The molecule has 0 saturated carbocycles. The number of anilines is 1. The molecule has 0 spiro atoms. The van der Waals surface area contributed by atoms with Crippen LogP contribution in [0.4, 0.5) is 5.95 Å². The fraction of sp³-hybridized carbons (Fsp3) is 0.476. The van der Waals surface area contributed by atoms with Gasteiger partial charge in [0.2, 0.25) is 11.9 Å². The average molecular weight is 367 g/mol. The van der Waals surface area contributed by atoms with E-state index in [1.807, 2.05) is 6.07 Å². The molecule has 1 aliphatic heterocycles. The van der Waals surface area contributed by atoms with E-state index in [0.29, 0.717) is 6.54 Å². The summed E-state index contributed by atoms with van der Waals surface area (Å²) in [7, 11) is 4.10. The Labute approximate surface area is 161 Å². The second-order valence-corrected chi connectivity index (χ2v) is 7.45. The standard InChI is InChI=1S/C21H29N5O/c1-16-5-7-17(8-6-16)19(25(2)3)15-24-20(27)18-9-13-26(14-10-18)21-22-11-4-12-23-21/h4-8,11-12,18-19H,9-10,13-15H2,1-3H3,(H,24,27)/t19-/m0/s1. The Morgan fingerprint density at radius 2 is 1.81 bits per heavy atom. The van der Waals surface area contributed by atoms with Crippen molar-refractivity contribution in [2.75, 3.05) is 38.6 Å². The van der Waals surface area contributed by atoms with Crippen molar-refractivity contribution in [1.82, 2.24) is 20.2 Å². The Bertz CT molecular complexity index is 724. The van der Waals surface area contributed by atoms with E-state index in [2.05, 4.69) is 70.4 Å². The Kier molecular flexibility index (Phi) is 6.40. The number of likely N-dealkylation sites (N-methyl/N-ethyl adjacent to an activating group) is 1. The number of benzene rings is 1. The normalized spacial score (nSPS) is 16.4. The van der Waals surface area contributed by atoms with Crippen molar-refractivity contribution in [1.29, 1.82) is 0 Å². The molecule has 144 valence electrons. The first-order chi connectivity index (χ1) is 13.0. The van der Waals surface area contributed by atoms with Gasteiger partial charge in [-0.15, -0.1) is 0 Å². The van der Waals surface area contributed by atoms with Gasteiger partial charge in [-0.05, 0) is 45.5 Å². The highest BCUT2D eigenvalue weighted by Gasteiger charge is 2.26. The lowest BCUT2D eigenvalue weighted by Gasteiger charge is -2.32. The van der Waals surface area contributed by atoms with Crippen LogP contribution in [0.15, 0.2) is 42.7 Å². The Hall–Kier alpha value is -2.47. The van der Waals surface area contributed by atoms with E-state index in [4.69, 9.17) is 0 Å². The minimum absolute atomic E-state index is 0.0609. The molecule has 1 saturated heterocycles. The molecule has 0 aliphatic carbocycles. The molecular weight excluding hydrogens is 338 g/mol. The van der Waals surface area contributed by atoms with Crippen LogP contribution in [0.1, 0.15) is 30.0 Å².